The van der Waals surface area contributed by atoms with Crippen molar-refractivity contribution in [2.75, 3.05) is 0 Å². The topological polar surface area (TPSA) is 67.8 Å². The average molecular weight is 359 g/mol. The maximum Gasteiger partial charge on any atom is 0.125 e. The maximum atomic E-state index is 11.3. The van der Waals surface area contributed by atoms with Crippen LogP contribution in [0.4, 0.5) is 0 Å². The van der Waals surface area contributed by atoms with E-state index in [1.165, 1.54) is 5.56 Å². The number of benzene rings is 3. The van der Waals surface area contributed by atoms with E-state index >= 15 is 0 Å². The zero-order valence-electron chi connectivity index (χ0n) is 15.6. The third-order valence-electron chi connectivity index (χ3n) is 5.25. The monoisotopic (exact) mass is 359 g/mol. The Morgan fingerprint density at radius 2 is 1.41 bits per heavy atom. The van der Waals surface area contributed by atoms with Crippen LogP contribution in [0.15, 0.2) is 84.9 Å². The molecular formula is C24H25NO2. The van der Waals surface area contributed by atoms with E-state index in [0.717, 1.165) is 16.7 Å². The van der Waals surface area contributed by atoms with Crippen LogP contribution < -0.4 is 10.8 Å². The van der Waals surface area contributed by atoms with Crippen molar-refractivity contribution in [3.63, 3.8) is 0 Å². The molecule has 0 aromatic heterocycles. The lowest BCUT2D eigenvalue weighted by Gasteiger charge is -2.37. The number of carbonyl (C=O) groups excluding carboxylic acids is 1. The van der Waals surface area contributed by atoms with Gasteiger partial charge in [0.1, 0.15) is 6.04 Å². The van der Waals surface area contributed by atoms with Crippen molar-refractivity contribution >= 4 is 5.97 Å². The van der Waals surface area contributed by atoms with Crippen LogP contribution in [0.3, 0.4) is 0 Å². The first-order chi connectivity index (χ1) is 13.0. The number of carboxylic acids is 1. The second-order valence-corrected chi connectivity index (χ2v) is 7.06. The summed E-state index contributed by atoms with van der Waals surface area (Å²) in [6.45, 7) is 2.08. The molecule has 0 heterocycles. The van der Waals surface area contributed by atoms with E-state index < -0.39 is 17.4 Å². The van der Waals surface area contributed by atoms with Gasteiger partial charge < -0.3 is 15.6 Å². The highest BCUT2D eigenvalue weighted by atomic mass is 16.4. The van der Waals surface area contributed by atoms with Crippen LogP contribution in [0.2, 0.25) is 0 Å². The van der Waals surface area contributed by atoms with Gasteiger partial charge in [0.25, 0.3) is 0 Å². The van der Waals surface area contributed by atoms with Crippen molar-refractivity contribution in [2.45, 2.75) is 31.2 Å². The molecule has 1 atom stereocenters. The van der Waals surface area contributed by atoms with Gasteiger partial charge >= 0.3 is 0 Å². The summed E-state index contributed by atoms with van der Waals surface area (Å²) in [7, 11) is 0. The molecule has 138 valence electrons. The van der Waals surface area contributed by atoms with Crippen LogP contribution >= 0.6 is 0 Å². The van der Waals surface area contributed by atoms with Gasteiger partial charge in [0, 0.05) is 11.8 Å². The summed E-state index contributed by atoms with van der Waals surface area (Å²) < 4.78 is 0. The fourth-order valence-electron chi connectivity index (χ4n) is 3.80. The normalized spacial score (nSPS) is 12.5. The Balaban J connectivity index is 2.23. The minimum atomic E-state index is -1.10. The molecule has 3 aromatic carbocycles. The minimum Gasteiger partial charge on any atom is -0.544 e. The second-order valence-electron chi connectivity index (χ2n) is 7.06. The van der Waals surface area contributed by atoms with Crippen LogP contribution in [-0.4, -0.2) is 12.0 Å². The number of carboxylic acid groups (broad SMARTS) is 1. The van der Waals surface area contributed by atoms with Gasteiger partial charge in [-0.15, -0.1) is 0 Å². The Bertz CT molecular complexity index is 851. The van der Waals surface area contributed by atoms with Gasteiger partial charge in [-0.25, -0.2) is 0 Å². The lowest BCUT2D eigenvalue weighted by Crippen LogP contribution is -2.68. The van der Waals surface area contributed by atoms with Crippen molar-refractivity contribution in [3.05, 3.63) is 107 Å². The third kappa shape index (κ3) is 3.93. The van der Waals surface area contributed by atoms with E-state index in [-0.39, 0.29) is 0 Å². The fraction of sp³-hybridized carbons (Fsp3) is 0.208. The summed E-state index contributed by atoms with van der Waals surface area (Å²) in [5.74, 6) is -1.10. The number of aryl methyl sites for hydroxylation is 1. The van der Waals surface area contributed by atoms with Gasteiger partial charge in [0.05, 0.1) is 5.97 Å². The number of carbonyl (C=O) groups is 1. The van der Waals surface area contributed by atoms with Crippen molar-refractivity contribution in [1.82, 2.24) is 0 Å². The molecule has 3 nitrogen and oxygen atoms in total. The quantitative estimate of drug-likeness (QED) is 0.659. The Morgan fingerprint density at radius 3 is 1.89 bits per heavy atom. The van der Waals surface area contributed by atoms with Gasteiger partial charge in [-0.05, 0) is 30.0 Å². The molecule has 0 bridgehead atoms. The van der Waals surface area contributed by atoms with Gasteiger partial charge in [-0.3, -0.25) is 0 Å². The van der Waals surface area contributed by atoms with Gasteiger partial charge in [0.2, 0.25) is 0 Å². The van der Waals surface area contributed by atoms with E-state index in [0.29, 0.717) is 12.8 Å². The highest BCUT2D eigenvalue weighted by molar-refractivity contribution is 5.69. The van der Waals surface area contributed by atoms with Crippen molar-refractivity contribution in [3.8, 4) is 0 Å². The molecule has 0 radical (unpaired) electrons. The zero-order valence-corrected chi connectivity index (χ0v) is 15.6. The van der Waals surface area contributed by atoms with Gasteiger partial charge in [0.15, 0.2) is 0 Å². The Morgan fingerprint density at radius 1 is 0.889 bits per heavy atom. The highest BCUT2D eigenvalue weighted by Gasteiger charge is 2.36. The minimum absolute atomic E-state index is 0.431. The summed E-state index contributed by atoms with van der Waals surface area (Å²) in [5.41, 5.74) is 7.96. The van der Waals surface area contributed by atoms with E-state index in [4.69, 9.17) is 0 Å². The Hall–Kier alpha value is -2.91. The van der Waals surface area contributed by atoms with Crippen LogP contribution in [0.25, 0.3) is 0 Å². The maximum absolute atomic E-state index is 11.3. The fourth-order valence-corrected chi connectivity index (χ4v) is 3.80. The van der Waals surface area contributed by atoms with E-state index in [1.807, 2.05) is 36.4 Å². The lowest BCUT2D eigenvalue weighted by atomic mass is 9.66. The number of aliphatic carboxylic acids is 1. The van der Waals surface area contributed by atoms with Crippen LogP contribution in [0.1, 0.15) is 35.1 Å². The smallest absolute Gasteiger partial charge is 0.125 e. The summed E-state index contributed by atoms with van der Waals surface area (Å²) in [5, 5.41) is 11.3. The van der Waals surface area contributed by atoms with E-state index in [1.54, 1.807) is 0 Å². The predicted molar refractivity (Wildman–Crippen MR) is 105 cm³/mol. The molecule has 3 heteroatoms. The number of quaternary nitrogens is 1. The molecule has 3 N–H and O–H groups in total. The Kier molecular flexibility index (Phi) is 5.72. The first-order valence-corrected chi connectivity index (χ1v) is 9.26. The van der Waals surface area contributed by atoms with Crippen molar-refractivity contribution < 1.29 is 15.6 Å². The molecule has 3 aromatic rings. The predicted octanol–water partition coefficient (Wildman–Crippen LogP) is 2.47. The summed E-state index contributed by atoms with van der Waals surface area (Å²) in [4.78, 5) is 11.3. The largest absolute Gasteiger partial charge is 0.544 e. The molecule has 0 aliphatic rings. The zero-order chi connectivity index (χ0) is 19.3. The van der Waals surface area contributed by atoms with E-state index in [2.05, 4.69) is 61.2 Å². The average Bonchev–Trinajstić information content (AvgIpc) is 2.70. The second kappa shape index (κ2) is 8.19. The molecular weight excluding hydrogens is 334 g/mol. The SMILES string of the molecule is Cc1cccc(C(CC[C@H]([NH3+])C(=O)[O-])(c2ccccc2)c2ccccc2)c1. The van der Waals surface area contributed by atoms with Crippen LogP contribution in [0, 0.1) is 6.92 Å². The number of hydrogen-bond donors (Lipinski definition) is 1. The first kappa shape index (κ1) is 18.9. The molecule has 0 spiro atoms. The third-order valence-corrected chi connectivity index (χ3v) is 5.25. The van der Waals surface area contributed by atoms with Crippen molar-refractivity contribution in [2.24, 2.45) is 0 Å². The number of rotatable bonds is 7. The molecule has 0 saturated heterocycles. The Labute approximate surface area is 160 Å². The molecule has 3 rings (SSSR count). The number of hydrogen-bond acceptors (Lipinski definition) is 2. The lowest BCUT2D eigenvalue weighted by molar-refractivity contribution is -0.438. The summed E-state index contributed by atoms with van der Waals surface area (Å²) in [6.07, 6.45) is 1.06. The summed E-state index contributed by atoms with van der Waals surface area (Å²) in [6, 6.07) is 28.3. The molecule has 0 amide bonds. The standard InChI is InChI=1S/C24H25NO2/c1-18-9-8-14-21(17-18)24(16-15-22(25)23(26)27,19-10-4-2-5-11-19)20-12-6-3-7-13-20/h2-14,17,22H,15-16,25H2,1H3,(H,26,27)/t22-/m0/s1. The molecule has 0 unspecified atom stereocenters. The van der Waals surface area contributed by atoms with Gasteiger partial charge in [-0.2, -0.15) is 0 Å². The van der Waals surface area contributed by atoms with Crippen molar-refractivity contribution in [1.29, 1.82) is 0 Å². The van der Waals surface area contributed by atoms with E-state index in [9.17, 15) is 9.90 Å². The summed E-state index contributed by atoms with van der Waals surface area (Å²) >= 11 is 0. The molecule has 0 saturated carbocycles. The molecule has 27 heavy (non-hydrogen) atoms. The molecule has 0 fully saturated rings. The van der Waals surface area contributed by atoms with Crippen LogP contribution in [0.5, 0.6) is 0 Å². The highest BCUT2D eigenvalue weighted by Crippen LogP contribution is 2.43. The molecule has 0 aliphatic carbocycles. The molecule has 0 aliphatic heterocycles. The van der Waals surface area contributed by atoms with Crippen LogP contribution in [-0.2, 0) is 10.2 Å². The van der Waals surface area contributed by atoms with Gasteiger partial charge in [-0.1, -0.05) is 90.5 Å². The first-order valence-electron chi connectivity index (χ1n) is 9.26.